The zero-order valence-electron chi connectivity index (χ0n) is 15.3. The van der Waals surface area contributed by atoms with Gasteiger partial charge in [0.15, 0.2) is 0 Å². The molecule has 0 bridgehead atoms. The van der Waals surface area contributed by atoms with Crippen molar-refractivity contribution in [2.24, 2.45) is 5.73 Å². The van der Waals surface area contributed by atoms with Crippen LogP contribution in [0.2, 0.25) is 5.02 Å². The van der Waals surface area contributed by atoms with Crippen molar-refractivity contribution in [2.45, 2.75) is 30.8 Å². The van der Waals surface area contributed by atoms with E-state index >= 15 is 0 Å². The first-order chi connectivity index (χ1) is 13.9. The molecule has 29 heavy (non-hydrogen) atoms. The number of nitrogens with two attached hydrogens (primary N) is 1. The topological polar surface area (TPSA) is 107 Å². The van der Waals surface area contributed by atoms with E-state index in [0.29, 0.717) is 41.1 Å². The van der Waals surface area contributed by atoms with Crippen LogP contribution in [-0.2, 0) is 16.6 Å². The molecule has 0 saturated heterocycles. The van der Waals surface area contributed by atoms with Crippen molar-refractivity contribution in [1.82, 2.24) is 19.9 Å². The molecule has 10 heteroatoms. The number of amides is 1. The van der Waals surface area contributed by atoms with E-state index in [4.69, 9.17) is 17.3 Å². The van der Waals surface area contributed by atoms with Gasteiger partial charge in [0.1, 0.15) is 11.2 Å². The van der Waals surface area contributed by atoms with Crippen molar-refractivity contribution in [3.63, 3.8) is 0 Å². The van der Waals surface area contributed by atoms with E-state index < -0.39 is 17.5 Å². The Morgan fingerprint density at radius 1 is 1.28 bits per heavy atom. The molecule has 1 amide bonds. The SMILES string of the molecule is NC(=O)Cc1cnc(-c2cnc(NCC3(c4ncccc4Cl)CC(F)C3)nc2)s1. The molecule has 0 aliphatic heterocycles. The molecule has 0 radical (unpaired) electrons. The van der Waals surface area contributed by atoms with Gasteiger partial charge in [0.25, 0.3) is 0 Å². The number of halogens is 2. The van der Waals surface area contributed by atoms with E-state index in [-0.39, 0.29) is 6.42 Å². The number of carbonyl (C=O) groups excluding carboxylic acids is 1. The van der Waals surface area contributed by atoms with Crippen LogP contribution in [0.5, 0.6) is 0 Å². The van der Waals surface area contributed by atoms with Crippen LogP contribution in [0, 0.1) is 0 Å². The second-order valence-electron chi connectivity index (χ2n) is 7.04. The summed E-state index contributed by atoms with van der Waals surface area (Å²) in [7, 11) is 0. The number of pyridine rings is 1. The van der Waals surface area contributed by atoms with Crippen molar-refractivity contribution in [2.75, 3.05) is 11.9 Å². The number of aromatic nitrogens is 4. The molecule has 150 valence electrons. The standard InChI is InChI=1S/C19H18ClFN6OS/c20-14-2-1-3-23-16(14)19(5-12(21)6-19)10-27-18-25-7-11(8-26-18)17-24-9-13(29-17)4-15(22)28/h1-3,7-9,12H,4-6,10H2,(H2,22,28)(H,25,26,27). The number of alkyl halides is 1. The first kappa shape index (κ1) is 19.7. The van der Waals surface area contributed by atoms with Gasteiger partial charge in [-0.05, 0) is 25.0 Å². The van der Waals surface area contributed by atoms with Crippen LogP contribution in [0.1, 0.15) is 23.4 Å². The van der Waals surface area contributed by atoms with Crippen LogP contribution < -0.4 is 11.1 Å². The number of primary amides is 1. The van der Waals surface area contributed by atoms with Crippen molar-refractivity contribution in [1.29, 1.82) is 0 Å². The fourth-order valence-electron chi connectivity index (χ4n) is 3.46. The third-order valence-corrected chi connectivity index (χ3v) is 6.22. The third kappa shape index (κ3) is 4.20. The minimum atomic E-state index is -0.863. The Hall–Kier alpha value is -2.65. The molecule has 0 unspecified atom stereocenters. The maximum atomic E-state index is 13.7. The van der Waals surface area contributed by atoms with E-state index in [9.17, 15) is 9.18 Å². The van der Waals surface area contributed by atoms with Crippen LogP contribution in [0.4, 0.5) is 10.3 Å². The lowest BCUT2D eigenvalue weighted by atomic mass is 9.65. The second-order valence-corrected chi connectivity index (χ2v) is 8.57. The van der Waals surface area contributed by atoms with Gasteiger partial charge in [-0.1, -0.05) is 11.6 Å². The summed E-state index contributed by atoms with van der Waals surface area (Å²) in [6.45, 7) is 0.434. The van der Waals surface area contributed by atoms with Crippen LogP contribution in [-0.4, -0.2) is 38.6 Å². The van der Waals surface area contributed by atoms with Crippen molar-refractivity contribution in [3.05, 3.63) is 52.5 Å². The molecule has 1 fully saturated rings. The van der Waals surface area contributed by atoms with Gasteiger partial charge in [-0.25, -0.2) is 19.3 Å². The molecule has 1 aliphatic carbocycles. The summed E-state index contributed by atoms with van der Waals surface area (Å²) in [4.78, 5) is 29.1. The smallest absolute Gasteiger partial charge is 0.222 e. The third-order valence-electron chi connectivity index (χ3n) is 4.87. The summed E-state index contributed by atoms with van der Waals surface area (Å²) in [5.74, 6) is 0.0286. The molecule has 3 N–H and O–H groups in total. The first-order valence-electron chi connectivity index (χ1n) is 8.99. The van der Waals surface area contributed by atoms with Gasteiger partial charge in [-0.2, -0.15) is 0 Å². The zero-order valence-corrected chi connectivity index (χ0v) is 16.9. The first-order valence-corrected chi connectivity index (χ1v) is 10.2. The van der Waals surface area contributed by atoms with E-state index in [1.165, 1.54) is 11.3 Å². The molecule has 1 saturated carbocycles. The largest absolute Gasteiger partial charge is 0.369 e. The molecule has 7 nitrogen and oxygen atoms in total. The Bertz CT molecular complexity index is 1020. The van der Waals surface area contributed by atoms with Gasteiger partial charge < -0.3 is 11.1 Å². The van der Waals surface area contributed by atoms with E-state index in [2.05, 4.69) is 25.3 Å². The minimum absolute atomic E-state index is 0.159. The molecule has 4 rings (SSSR count). The second kappa shape index (κ2) is 8.00. The molecule has 0 spiro atoms. The lowest BCUT2D eigenvalue weighted by Gasteiger charge is -2.44. The Morgan fingerprint density at radius 2 is 2.03 bits per heavy atom. The molecule has 3 aromatic heterocycles. The number of anilines is 1. The molecule has 1 aliphatic rings. The highest BCUT2D eigenvalue weighted by molar-refractivity contribution is 7.15. The maximum absolute atomic E-state index is 13.7. The van der Waals surface area contributed by atoms with Gasteiger partial charge in [0, 0.05) is 47.2 Å². The highest BCUT2D eigenvalue weighted by atomic mass is 35.5. The Labute approximate surface area is 175 Å². The molecular formula is C19H18ClFN6OS. The van der Waals surface area contributed by atoms with Gasteiger partial charge in [-0.15, -0.1) is 11.3 Å². The number of hydrogen-bond acceptors (Lipinski definition) is 7. The highest BCUT2D eigenvalue weighted by Crippen LogP contribution is 2.46. The average molecular weight is 433 g/mol. The highest BCUT2D eigenvalue weighted by Gasteiger charge is 2.48. The average Bonchev–Trinajstić information content (AvgIpc) is 3.13. The normalized spacial score (nSPS) is 20.8. The Balaban J connectivity index is 1.45. The molecule has 0 atom stereocenters. The van der Waals surface area contributed by atoms with Gasteiger partial charge in [-0.3, -0.25) is 9.78 Å². The Morgan fingerprint density at radius 3 is 2.69 bits per heavy atom. The van der Waals surface area contributed by atoms with Crippen LogP contribution in [0.25, 0.3) is 10.6 Å². The number of rotatable bonds is 7. The van der Waals surface area contributed by atoms with Gasteiger partial charge in [0.05, 0.1) is 17.1 Å². The molecular weight excluding hydrogens is 415 g/mol. The van der Waals surface area contributed by atoms with Crippen molar-refractivity contribution < 1.29 is 9.18 Å². The monoisotopic (exact) mass is 432 g/mol. The zero-order chi connectivity index (χ0) is 20.4. The number of thiazole rings is 1. The van der Waals surface area contributed by atoms with Crippen molar-refractivity contribution in [3.8, 4) is 10.6 Å². The lowest BCUT2D eigenvalue weighted by molar-refractivity contribution is -0.117. The fourth-order valence-corrected chi connectivity index (χ4v) is 4.68. The minimum Gasteiger partial charge on any atom is -0.369 e. The predicted molar refractivity (Wildman–Crippen MR) is 110 cm³/mol. The van der Waals surface area contributed by atoms with Gasteiger partial charge in [0.2, 0.25) is 11.9 Å². The molecule has 0 aromatic carbocycles. The maximum Gasteiger partial charge on any atom is 0.222 e. The Kier molecular flexibility index (Phi) is 5.42. The lowest BCUT2D eigenvalue weighted by Crippen LogP contribution is -2.48. The van der Waals surface area contributed by atoms with Crippen LogP contribution in [0.15, 0.2) is 36.9 Å². The van der Waals surface area contributed by atoms with Gasteiger partial charge >= 0.3 is 0 Å². The van der Waals surface area contributed by atoms with E-state index in [1.54, 1.807) is 36.9 Å². The number of carbonyl (C=O) groups is 1. The van der Waals surface area contributed by atoms with Crippen LogP contribution >= 0.6 is 22.9 Å². The summed E-state index contributed by atoms with van der Waals surface area (Å²) in [5, 5.41) is 4.42. The van der Waals surface area contributed by atoms with Crippen LogP contribution in [0.3, 0.4) is 0 Å². The summed E-state index contributed by atoms with van der Waals surface area (Å²) < 4.78 is 13.7. The fraction of sp³-hybridized carbons (Fsp3) is 0.316. The molecule has 3 heterocycles. The van der Waals surface area contributed by atoms with E-state index in [0.717, 1.165) is 10.4 Å². The predicted octanol–water partition coefficient (Wildman–Crippen LogP) is 3.16. The van der Waals surface area contributed by atoms with E-state index in [1.807, 2.05) is 0 Å². The number of nitrogens with zero attached hydrogens (tertiary/aromatic N) is 4. The summed E-state index contributed by atoms with van der Waals surface area (Å²) in [5.41, 5.74) is 6.17. The summed E-state index contributed by atoms with van der Waals surface area (Å²) >= 11 is 7.67. The number of hydrogen-bond donors (Lipinski definition) is 2. The number of nitrogens with one attached hydrogen (secondary N) is 1. The molecule has 3 aromatic rings. The van der Waals surface area contributed by atoms with Crippen molar-refractivity contribution >= 4 is 34.8 Å². The summed E-state index contributed by atoms with van der Waals surface area (Å²) in [6, 6.07) is 3.52. The summed E-state index contributed by atoms with van der Waals surface area (Å²) in [6.07, 6.45) is 6.61. The quantitative estimate of drug-likeness (QED) is 0.594.